The van der Waals surface area contributed by atoms with Gasteiger partial charge in [0.2, 0.25) is 5.91 Å². The van der Waals surface area contributed by atoms with Crippen LogP contribution in [0.4, 0.5) is 13.2 Å². The molecular formula is C24H24F3N3O3. The van der Waals surface area contributed by atoms with E-state index in [0.717, 1.165) is 18.1 Å². The molecule has 4 rings (SSSR count). The topological polar surface area (TPSA) is 75.3 Å². The number of carbonyl (C=O) groups is 1. The highest BCUT2D eigenvalue weighted by Gasteiger charge is 2.35. The van der Waals surface area contributed by atoms with Crippen LogP contribution in [0.2, 0.25) is 0 Å². The zero-order chi connectivity index (χ0) is 23.8. The molecule has 1 fully saturated rings. The number of aromatic amines is 1. The van der Waals surface area contributed by atoms with Gasteiger partial charge in [-0.3, -0.25) is 14.6 Å². The van der Waals surface area contributed by atoms with Gasteiger partial charge in [0.1, 0.15) is 5.75 Å². The third-order valence-corrected chi connectivity index (χ3v) is 5.96. The Kier molecular flexibility index (Phi) is 6.14. The van der Waals surface area contributed by atoms with Crippen LogP contribution >= 0.6 is 0 Å². The molecule has 9 heteroatoms. The summed E-state index contributed by atoms with van der Waals surface area (Å²) in [7, 11) is 1.56. The molecular weight excluding hydrogens is 435 g/mol. The second kappa shape index (κ2) is 8.88. The number of hydrogen-bond donors (Lipinski definition) is 1. The first-order valence-electron chi connectivity index (χ1n) is 10.7. The van der Waals surface area contributed by atoms with E-state index in [9.17, 15) is 22.8 Å². The van der Waals surface area contributed by atoms with Gasteiger partial charge in [0.15, 0.2) is 0 Å². The number of amides is 1. The van der Waals surface area contributed by atoms with Crippen molar-refractivity contribution in [2.45, 2.75) is 38.3 Å². The van der Waals surface area contributed by atoms with Crippen molar-refractivity contribution in [2.75, 3.05) is 20.2 Å². The second-order valence-corrected chi connectivity index (χ2v) is 8.33. The number of fused-ring (bicyclic) bond motifs is 1. The first-order valence-corrected chi connectivity index (χ1v) is 10.7. The Balaban J connectivity index is 1.59. The lowest BCUT2D eigenvalue weighted by molar-refractivity contribution is -0.136. The number of benzene rings is 1. The minimum atomic E-state index is -4.66. The molecule has 3 heterocycles. The molecule has 0 radical (unpaired) electrons. The van der Waals surface area contributed by atoms with E-state index >= 15 is 0 Å². The number of carbonyl (C=O) groups excluding carboxylic acids is 1. The molecule has 1 saturated heterocycles. The van der Waals surface area contributed by atoms with E-state index in [1.165, 1.54) is 13.0 Å². The predicted octanol–water partition coefficient (Wildman–Crippen LogP) is 4.21. The average molecular weight is 459 g/mol. The van der Waals surface area contributed by atoms with Crippen molar-refractivity contribution in [3.8, 4) is 5.75 Å². The van der Waals surface area contributed by atoms with Crippen LogP contribution in [0.25, 0.3) is 10.9 Å². The molecule has 6 nitrogen and oxygen atoms in total. The number of rotatable bonds is 4. The predicted molar refractivity (Wildman–Crippen MR) is 117 cm³/mol. The molecule has 2 aromatic heterocycles. The largest absolute Gasteiger partial charge is 0.497 e. The van der Waals surface area contributed by atoms with Crippen LogP contribution in [0.3, 0.4) is 0 Å². The molecule has 1 atom stereocenters. The fourth-order valence-corrected chi connectivity index (χ4v) is 4.39. The molecule has 1 amide bonds. The van der Waals surface area contributed by atoms with Crippen LogP contribution in [0.5, 0.6) is 5.75 Å². The van der Waals surface area contributed by atoms with Crippen LogP contribution < -0.4 is 10.3 Å². The van der Waals surface area contributed by atoms with E-state index in [1.54, 1.807) is 18.1 Å². The lowest BCUT2D eigenvalue weighted by atomic mass is 9.93. The summed E-state index contributed by atoms with van der Waals surface area (Å²) >= 11 is 0. The molecule has 33 heavy (non-hydrogen) atoms. The van der Waals surface area contributed by atoms with Gasteiger partial charge in [0.25, 0.3) is 5.56 Å². The van der Waals surface area contributed by atoms with Gasteiger partial charge >= 0.3 is 6.18 Å². The first-order chi connectivity index (χ1) is 15.7. The van der Waals surface area contributed by atoms with Gasteiger partial charge in [0.05, 0.1) is 30.0 Å². The molecule has 174 valence electrons. The van der Waals surface area contributed by atoms with E-state index in [4.69, 9.17) is 4.74 Å². The van der Waals surface area contributed by atoms with Gasteiger partial charge in [0, 0.05) is 30.4 Å². The van der Waals surface area contributed by atoms with E-state index in [2.05, 4.69) is 9.97 Å². The number of alkyl halides is 3. The van der Waals surface area contributed by atoms with E-state index < -0.39 is 22.7 Å². The van der Waals surface area contributed by atoms with Crippen molar-refractivity contribution in [1.29, 1.82) is 0 Å². The summed E-state index contributed by atoms with van der Waals surface area (Å²) in [6.07, 6.45) is -3.01. The molecule has 3 aromatic rings. The number of aryl methyl sites for hydroxylation is 1. The van der Waals surface area contributed by atoms with Gasteiger partial charge in [-0.25, -0.2) is 0 Å². The summed E-state index contributed by atoms with van der Waals surface area (Å²) in [5, 5.41) is -0.460. The summed E-state index contributed by atoms with van der Waals surface area (Å²) in [6, 6.07) is 9.70. The highest BCUT2D eigenvalue weighted by molar-refractivity contribution is 5.82. The van der Waals surface area contributed by atoms with Gasteiger partial charge < -0.3 is 14.6 Å². The van der Waals surface area contributed by atoms with Crippen molar-refractivity contribution in [1.82, 2.24) is 14.9 Å². The summed E-state index contributed by atoms with van der Waals surface area (Å²) in [5.41, 5.74) is -0.276. The third kappa shape index (κ3) is 4.86. The van der Waals surface area contributed by atoms with Crippen LogP contribution in [-0.2, 0) is 17.4 Å². The van der Waals surface area contributed by atoms with Crippen LogP contribution in [-0.4, -0.2) is 41.0 Å². The Morgan fingerprint density at radius 1 is 1.27 bits per heavy atom. The number of H-pyrrole nitrogens is 1. The summed E-state index contributed by atoms with van der Waals surface area (Å²) in [6.45, 7) is 2.43. The van der Waals surface area contributed by atoms with Crippen LogP contribution in [0, 0.1) is 6.92 Å². The van der Waals surface area contributed by atoms with Crippen LogP contribution in [0.1, 0.15) is 41.3 Å². The summed E-state index contributed by atoms with van der Waals surface area (Å²) in [5.74, 6) is 0.428. The van der Waals surface area contributed by atoms with Crippen molar-refractivity contribution >= 4 is 16.8 Å². The summed E-state index contributed by atoms with van der Waals surface area (Å²) in [4.78, 5) is 34.1. The Morgan fingerprint density at radius 3 is 2.79 bits per heavy atom. The maximum Gasteiger partial charge on any atom is 0.417 e. The molecule has 0 spiro atoms. The van der Waals surface area contributed by atoms with E-state index in [1.807, 2.05) is 18.2 Å². The molecule has 1 aromatic carbocycles. The quantitative estimate of drug-likeness (QED) is 0.634. The Morgan fingerprint density at radius 2 is 2.06 bits per heavy atom. The minimum absolute atomic E-state index is 0.0147. The number of aromatic nitrogens is 2. The van der Waals surface area contributed by atoms with Gasteiger partial charge in [-0.2, -0.15) is 13.2 Å². The Hall–Kier alpha value is -3.36. The van der Waals surface area contributed by atoms with E-state index in [-0.39, 0.29) is 29.5 Å². The number of halogens is 3. The molecule has 0 bridgehead atoms. The lowest BCUT2D eigenvalue weighted by Crippen LogP contribution is -2.40. The average Bonchev–Trinajstić information content (AvgIpc) is 2.77. The number of likely N-dealkylation sites (tertiary alicyclic amines) is 1. The Bertz CT molecular complexity index is 1250. The highest BCUT2D eigenvalue weighted by Crippen LogP contribution is 2.34. The highest BCUT2D eigenvalue weighted by atomic mass is 19.4. The number of pyridine rings is 2. The number of ether oxygens (including phenoxy) is 1. The minimum Gasteiger partial charge on any atom is -0.497 e. The first kappa shape index (κ1) is 22.8. The fourth-order valence-electron chi connectivity index (χ4n) is 4.39. The molecule has 1 aliphatic heterocycles. The number of nitrogens with one attached hydrogen (secondary N) is 1. The van der Waals surface area contributed by atoms with Crippen molar-refractivity contribution in [2.24, 2.45) is 0 Å². The summed E-state index contributed by atoms with van der Waals surface area (Å²) < 4.78 is 45.6. The number of piperidine rings is 1. The maximum absolute atomic E-state index is 13.5. The van der Waals surface area contributed by atoms with Crippen LogP contribution in [0.15, 0.2) is 41.2 Å². The zero-order valence-electron chi connectivity index (χ0n) is 18.3. The smallest absolute Gasteiger partial charge is 0.417 e. The van der Waals surface area contributed by atoms with Gasteiger partial charge in [-0.15, -0.1) is 0 Å². The number of methoxy groups -OCH3 is 1. The van der Waals surface area contributed by atoms with Crippen molar-refractivity contribution < 1.29 is 22.7 Å². The molecule has 0 saturated carbocycles. The molecule has 0 aliphatic carbocycles. The van der Waals surface area contributed by atoms with Crippen molar-refractivity contribution in [3.63, 3.8) is 0 Å². The third-order valence-electron chi connectivity index (χ3n) is 5.96. The van der Waals surface area contributed by atoms with Gasteiger partial charge in [-0.05, 0) is 49.6 Å². The number of hydrogen-bond acceptors (Lipinski definition) is 4. The van der Waals surface area contributed by atoms with Gasteiger partial charge in [-0.1, -0.05) is 12.1 Å². The molecule has 1 N–H and O–H groups in total. The molecule has 0 unspecified atom stereocenters. The van der Waals surface area contributed by atoms with E-state index in [0.29, 0.717) is 31.0 Å². The maximum atomic E-state index is 13.5. The molecule has 1 aliphatic rings. The Labute approximate surface area is 188 Å². The lowest BCUT2D eigenvalue weighted by Gasteiger charge is -2.33. The second-order valence-electron chi connectivity index (χ2n) is 8.33. The normalized spacial score (nSPS) is 16.8. The zero-order valence-corrected chi connectivity index (χ0v) is 18.3. The van der Waals surface area contributed by atoms with Crippen molar-refractivity contribution in [3.05, 3.63) is 69.3 Å². The standard InChI is InChI=1S/C24H24F3N3O3/c1-14-9-18(24(25,26)27)22-20(28-14)12-19(29-23(22)32)16-6-4-8-30(13-16)21(31)11-15-5-3-7-17(10-15)33-2/h3,5,7,9-10,12,16H,4,6,8,11,13H2,1-2H3,(H,29,32)/t16-/m0/s1. The monoisotopic (exact) mass is 459 g/mol. The number of nitrogens with zero attached hydrogens (tertiary/aromatic N) is 2. The fraction of sp³-hybridized carbons (Fsp3) is 0.375. The SMILES string of the molecule is COc1cccc(CC(=O)N2CCC[C@H](c3cc4nc(C)cc(C(F)(F)F)c4c(=O)[nH]3)C2)c1.